The fraction of sp³-hybridized carbons (Fsp3) is 0. The summed E-state index contributed by atoms with van der Waals surface area (Å²) in [5.74, 6) is -0.473. The SMILES string of the molecule is NC(=O)C1=Nc2cccc3cccc1c23. The molecule has 0 fully saturated rings. The molecule has 2 aromatic carbocycles. The van der Waals surface area contributed by atoms with Crippen molar-refractivity contribution in [1.29, 1.82) is 0 Å². The Bertz CT molecular complexity index is 609. The van der Waals surface area contributed by atoms with E-state index in [1.54, 1.807) is 0 Å². The lowest BCUT2D eigenvalue weighted by Gasteiger charge is -2.00. The van der Waals surface area contributed by atoms with Crippen LogP contribution >= 0.6 is 0 Å². The van der Waals surface area contributed by atoms with Gasteiger partial charge in [-0.05, 0) is 11.5 Å². The Kier molecular flexibility index (Phi) is 1.45. The predicted molar refractivity (Wildman–Crippen MR) is 59.3 cm³/mol. The van der Waals surface area contributed by atoms with E-state index in [9.17, 15) is 4.79 Å². The molecule has 2 aromatic rings. The van der Waals surface area contributed by atoms with Gasteiger partial charge in [-0.3, -0.25) is 4.79 Å². The third-order valence-corrected chi connectivity index (χ3v) is 2.60. The van der Waals surface area contributed by atoms with Crippen molar-refractivity contribution in [1.82, 2.24) is 0 Å². The van der Waals surface area contributed by atoms with Crippen LogP contribution in [-0.2, 0) is 4.79 Å². The maximum Gasteiger partial charge on any atom is 0.267 e. The second-order valence-corrected chi connectivity index (χ2v) is 3.51. The molecule has 3 nitrogen and oxygen atoms in total. The van der Waals surface area contributed by atoms with E-state index >= 15 is 0 Å². The van der Waals surface area contributed by atoms with Crippen LogP contribution in [0, 0.1) is 0 Å². The highest BCUT2D eigenvalue weighted by Crippen LogP contribution is 2.34. The molecule has 1 heterocycles. The van der Waals surface area contributed by atoms with Gasteiger partial charge in [-0.1, -0.05) is 30.3 Å². The van der Waals surface area contributed by atoms with Gasteiger partial charge in [0, 0.05) is 10.9 Å². The lowest BCUT2D eigenvalue weighted by molar-refractivity contribution is -0.111. The van der Waals surface area contributed by atoms with Gasteiger partial charge in [-0.15, -0.1) is 0 Å². The predicted octanol–water partition coefficient (Wildman–Crippen LogP) is 1.76. The van der Waals surface area contributed by atoms with Crippen LogP contribution in [0.3, 0.4) is 0 Å². The van der Waals surface area contributed by atoms with Crippen LogP contribution < -0.4 is 5.73 Å². The summed E-state index contributed by atoms with van der Waals surface area (Å²) in [5.41, 5.74) is 7.32. The van der Waals surface area contributed by atoms with Crippen molar-refractivity contribution in [2.75, 3.05) is 0 Å². The number of carbonyl (C=O) groups excluding carboxylic acids is 1. The number of primary amides is 1. The monoisotopic (exact) mass is 196 g/mol. The second kappa shape index (κ2) is 2.67. The van der Waals surface area contributed by atoms with E-state index in [0.717, 1.165) is 22.0 Å². The Labute approximate surface area is 86.2 Å². The Balaban J connectivity index is 2.45. The number of benzene rings is 2. The average molecular weight is 196 g/mol. The minimum Gasteiger partial charge on any atom is -0.364 e. The van der Waals surface area contributed by atoms with Gasteiger partial charge < -0.3 is 5.73 Å². The summed E-state index contributed by atoms with van der Waals surface area (Å²) < 4.78 is 0. The van der Waals surface area contributed by atoms with E-state index in [-0.39, 0.29) is 0 Å². The lowest BCUT2D eigenvalue weighted by Crippen LogP contribution is -2.22. The molecule has 1 amide bonds. The first-order chi connectivity index (χ1) is 7.27. The highest BCUT2D eigenvalue weighted by atomic mass is 16.1. The second-order valence-electron chi connectivity index (χ2n) is 3.51. The van der Waals surface area contributed by atoms with Crippen LogP contribution in [-0.4, -0.2) is 11.6 Å². The topological polar surface area (TPSA) is 55.5 Å². The van der Waals surface area contributed by atoms with E-state index in [2.05, 4.69) is 4.99 Å². The third-order valence-electron chi connectivity index (χ3n) is 2.60. The molecule has 0 aliphatic carbocycles. The van der Waals surface area contributed by atoms with Crippen LogP contribution in [0.15, 0.2) is 41.4 Å². The van der Waals surface area contributed by atoms with Crippen molar-refractivity contribution >= 4 is 28.1 Å². The molecule has 2 N–H and O–H groups in total. The molecule has 1 aliphatic heterocycles. The van der Waals surface area contributed by atoms with Crippen LogP contribution in [0.2, 0.25) is 0 Å². The van der Waals surface area contributed by atoms with Gasteiger partial charge in [0.15, 0.2) is 0 Å². The standard InChI is InChI=1S/C12H8N2O/c13-12(15)11-8-5-1-3-7-4-2-6-9(14-11)10(7)8/h1-6H,(H2,13,15). The minimum atomic E-state index is -0.473. The zero-order valence-electron chi connectivity index (χ0n) is 7.90. The zero-order valence-corrected chi connectivity index (χ0v) is 7.90. The van der Waals surface area contributed by atoms with Gasteiger partial charge >= 0.3 is 0 Å². The highest BCUT2D eigenvalue weighted by molar-refractivity contribution is 6.49. The van der Waals surface area contributed by atoms with Crippen molar-refractivity contribution in [3.63, 3.8) is 0 Å². The molecule has 1 aliphatic rings. The first kappa shape index (κ1) is 8.17. The fourth-order valence-corrected chi connectivity index (χ4v) is 1.98. The molecule has 0 aromatic heterocycles. The van der Waals surface area contributed by atoms with Gasteiger partial charge in [0.2, 0.25) is 0 Å². The molecule has 0 bridgehead atoms. The first-order valence-electron chi connectivity index (χ1n) is 4.68. The number of nitrogens with two attached hydrogens (primary N) is 1. The molecule has 15 heavy (non-hydrogen) atoms. The number of carbonyl (C=O) groups is 1. The molecule has 0 atom stereocenters. The molecule has 0 spiro atoms. The van der Waals surface area contributed by atoms with Crippen LogP contribution in [0.5, 0.6) is 0 Å². The average Bonchev–Trinajstić information content (AvgIpc) is 2.61. The van der Waals surface area contributed by atoms with Crippen LogP contribution in [0.1, 0.15) is 5.56 Å². The quantitative estimate of drug-likeness (QED) is 0.742. The van der Waals surface area contributed by atoms with Gasteiger partial charge in [0.1, 0.15) is 5.71 Å². The van der Waals surface area contributed by atoms with Crippen molar-refractivity contribution < 1.29 is 4.79 Å². The minimum absolute atomic E-state index is 0.363. The maximum absolute atomic E-state index is 11.2. The normalized spacial score (nSPS) is 12.9. The van der Waals surface area contributed by atoms with E-state index in [0.29, 0.717) is 5.71 Å². The number of hydrogen-bond acceptors (Lipinski definition) is 2. The third kappa shape index (κ3) is 1.00. The summed E-state index contributed by atoms with van der Waals surface area (Å²) in [6, 6.07) is 11.6. The summed E-state index contributed by atoms with van der Waals surface area (Å²) >= 11 is 0. The molecule has 0 unspecified atom stereocenters. The zero-order chi connectivity index (χ0) is 10.4. The molecule has 3 heteroatoms. The van der Waals surface area contributed by atoms with Gasteiger partial charge in [0.25, 0.3) is 5.91 Å². The summed E-state index contributed by atoms with van der Waals surface area (Å²) in [7, 11) is 0. The van der Waals surface area contributed by atoms with Gasteiger partial charge in [-0.2, -0.15) is 0 Å². The smallest absolute Gasteiger partial charge is 0.267 e. The molecule has 0 saturated heterocycles. The molecule has 3 rings (SSSR count). The van der Waals surface area contributed by atoms with E-state index < -0.39 is 5.91 Å². The Morgan fingerprint density at radius 2 is 1.87 bits per heavy atom. The van der Waals surface area contributed by atoms with Crippen molar-refractivity contribution in [3.8, 4) is 0 Å². The first-order valence-corrected chi connectivity index (χ1v) is 4.68. The van der Waals surface area contributed by atoms with Gasteiger partial charge in [-0.25, -0.2) is 4.99 Å². The number of rotatable bonds is 1. The van der Waals surface area contributed by atoms with Crippen molar-refractivity contribution in [2.24, 2.45) is 10.7 Å². The highest BCUT2D eigenvalue weighted by Gasteiger charge is 2.21. The van der Waals surface area contributed by atoms with E-state index in [1.165, 1.54) is 0 Å². The summed E-state index contributed by atoms with van der Waals surface area (Å²) in [6.45, 7) is 0. The number of amides is 1. The largest absolute Gasteiger partial charge is 0.364 e. The maximum atomic E-state index is 11.2. The van der Waals surface area contributed by atoms with Crippen LogP contribution in [0.25, 0.3) is 10.8 Å². The summed E-state index contributed by atoms with van der Waals surface area (Å²) in [4.78, 5) is 15.4. The lowest BCUT2D eigenvalue weighted by atomic mass is 10.0. The van der Waals surface area contributed by atoms with E-state index in [1.807, 2.05) is 36.4 Å². The van der Waals surface area contributed by atoms with Gasteiger partial charge in [0.05, 0.1) is 5.69 Å². The van der Waals surface area contributed by atoms with Crippen molar-refractivity contribution in [2.45, 2.75) is 0 Å². The molecular formula is C12H8N2O. The molecule has 0 radical (unpaired) electrons. The Morgan fingerprint density at radius 3 is 2.60 bits per heavy atom. The molecule has 72 valence electrons. The van der Waals surface area contributed by atoms with Crippen molar-refractivity contribution in [3.05, 3.63) is 42.0 Å². The number of hydrogen-bond donors (Lipinski definition) is 1. The number of nitrogens with zero attached hydrogens (tertiary/aromatic N) is 1. The summed E-state index contributed by atoms with van der Waals surface area (Å²) in [6.07, 6.45) is 0. The summed E-state index contributed by atoms with van der Waals surface area (Å²) in [5, 5.41) is 2.11. The van der Waals surface area contributed by atoms with Crippen LogP contribution in [0.4, 0.5) is 5.69 Å². The molecule has 0 saturated carbocycles. The molecular weight excluding hydrogens is 188 g/mol. The Hall–Kier alpha value is -2.16. The Morgan fingerprint density at radius 1 is 1.13 bits per heavy atom. The number of aliphatic imine (C=N–C) groups is 1. The van der Waals surface area contributed by atoms with E-state index in [4.69, 9.17) is 5.73 Å². The fourth-order valence-electron chi connectivity index (χ4n) is 1.98.